The fourth-order valence-electron chi connectivity index (χ4n) is 7.81. The number of carbonyl (C=O) groups excluding carboxylic acids is 2. The van der Waals surface area contributed by atoms with E-state index in [1.54, 1.807) is 18.6 Å². The Labute approximate surface area is 193 Å². The molecule has 2 saturated carbocycles. The zero-order valence-electron chi connectivity index (χ0n) is 19.7. The summed E-state index contributed by atoms with van der Waals surface area (Å²) in [6, 6.07) is 1.81. The summed E-state index contributed by atoms with van der Waals surface area (Å²) in [6.45, 7) is 12.4. The van der Waals surface area contributed by atoms with Gasteiger partial charge in [0.05, 0.1) is 25.1 Å². The van der Waals surface area contributed by atoms with Gasteiger partial charge in [0, 0.05) is 34.7 Å². The van der Waals surface area contributed by atoms with E-state index in [0.29, 0.717) is 0 Å². The first kappa shape index (κ1) is 22.4. The summed E-state index contributed by atoms with van der Waals surface area (Å²) in [7, 11) is 0. The largest absolute Gasteiger partial charge is 0.481 e. The van der Waals surface area contributed by atoms with Crippen LogP contribution in [-0.4, -0.2) is 34.5 Å². The van der Waals surface area contributed by atoms with Gasteiger partial charge in [-0.05, 0) is 36.3 Å². The van der Waals surface area contributed by atoms with Crippen molar-refractivity contribution in [1.82, 2.24) is 0 Å². The maximum absolute atomic E-state index is 13.3. The van der Waals surface area contributed by atoms with Gasteiger partial charge in [-0.1, -0.05) is 34.3 Å². The van der Waals surface area contributed by atoms with Crippen LogP contribution < -0.4 is 0 Å². The highest BCUT2D eigenvalue weighted by Gasteiger charge is 2.73. The van der Waals surface area contributed by atoms with Crippen molar-refractivity contribution < 1.29 is 33.4 Å². The van der Waals surface area contributed by atoms with E-state index >= 15 is 0 Å². The molecule has 5 rings (SSSR count). The third kappa shape index (κ3) is 2.69. The third-order valence-electron chi connectivity index (χ3n) is 9.76. The van der Waals surface area contributed by atoms with E-state index in [4.69, 9.17) is 13.9 Å². The summed E-state index contributed by atoms with van der Waals surface area (Å²) in [5, 5.41) is 9.74. The van der Waals surface area contributed by atoms with Crippen molar-refractivity contribution in [3.8, 4) is 0 Å². The lowest BCUT2D eigenvalue weighted by Gasteiger charge is -2.70. The molecule has 7 atom stereocenters. The van der Waals surface area contributed by atoms with Crippen LogP contribution in [0.5, 0.6) is 0 Å². The van der Waals surface area contributed by atoms with E-state index in [1.807, 2.05) is 13.8 Å². The zero-order chi connectivity index (χ0) is 24.0. The SMILES string of the molecule is C=C1C2CCC3(C)C(c4ccoc4)OC(=O)CC13OC1CC(=O)C(C)(C)C(CC(=O)O)C12C. The highest BCUT2D eigenvalue weighted by atomic mass is 16.6. The molecule has 0 amide bonds. The van der Waals surface area contributed by atoms with Gasteiger partial charge < -0.3 is 19.0 Å². The van der Waals surface area contributed by atoms with E-state index < -0.39 is 45.9 Å². The number of ketones is 1. The predicted octanol–water partition coefficient (Wildman–Crippen LogP) is 4.47. The number of hydrogen-bond acceptors (Lipinski definition) is 6. The molecule has 2 saturated heterocycles. The lowest BCUT2D eigenvalue weighted by Crippen LogP contribution is -2.72. The lowest BCUT2D eigenvalue weighted by molar-refractivity contribution is -0.298. The number of cyclic esters (lactones) is 1. The molecule has 7 heteroatoms. The second kappa shape index (κ2) is 6.81. The average molecular weight is 457 g/mol. The number of Topliss-reactive ketones (excluding diaryl/α,β-unsaturated/α-hetero) is 1. The van der Waals surface area contributed by atoms with Crippen LogP contribution in [0, 0.1) is 28.1 Å². The molecule has 2 bridgehead atoms. The Balaban J connectivity index is 1.65. The lowest BCUT2D eigenvalue weighted by atomic mass is 9.41. The van der Waals surface area contributed by atoms with E-state index in [0.717, 1.165) is 24.0 Å². The summed E-state index contributed by atoms with van der Waals surface area (Å²) in [4.78, 5) is 38.0. The maximum Gasteiger partial charge on any atom is 0.309 e. The molecule has 1 aromatic rings. The third-order valence-corrected chi connectivity index (χ3v) is 9.76. The maximum atomic E-state index is 13.3. The molecule has 0 radical (unpaired) electrons. The molecule has 1 aromatic heterocycles. The van der Waals surface area contributed by atoms with Gasteiger partial charge in [0.15, 0.2) is 0 Å². The Morgan fingerprint density at radius 1 is 1.24 bits per heavy atom. The van der Waals surface area contributed by atoms with Crippen LogP contribution in [0.4, 0.5) is 0 Å². The fourth-order valence-corrected chi connectivity index (χ4v) is 7.81. The van der Waals surface area contributed by atoms with Crippen molar-refractivity contribution in [2.24, 2.45) is 28.1 Å². The molecule has 1 N–H and O–H groups in total. The van der Waals surface area contributed by atoms with Gasteiger partial charge in [-0.25, -0.2) is 0 Å². The number of carboxylic acids is 1. The number of hydrogen-bond donors (Lipinski definition) is 1. The van der Waals surface area contributed by atoms with Crippen molar-refractivity contribution in [2.75, 3.05) is 0 Å². The normalized spacial score (nSPS) is 43.9. The van der Waals surface area contributed by atoms with Crippen molar-refractivity contribution in [2.45, 2.75) is 77.6 Å². The summed E-state index contributed by atoms with van der Waals surface area (Å²) in [5.74, 6) is -1.75. The number of carbonyl (C=O) groups is 3. The molecular weight excluding hydrogens is 424 g/mol. The Morgan fingerprint density at radius 3 is 2.61 bits per heavy atom. The molecule has 4 fully saturated rings. The molecule has 2 aliphatic carbocycles. The van der Waals surface area contributed by atoms with Crippen LogP contribution >= 0.6 is 0 Å². The van der Waals surface area contributed by atoms with Crippen LogP contribution in [0.3, 0.4) is 0 Å². The van der Waals surface area contributed by atoms with Crippen LogP contribution in [0.25, 0.3) is 0 Å². The van der Waals surface area contributed by atoms with E-state index in [9.17, 15) is 19.5 Å². The van der Waals surface area contributed by atoms with Gasteiger partial charge in [-0.15, -0.1) is 0 Å². The molecule has 2 aliphatic heterocycles. The molecule has 4 aliphatic rings. The summed E-state index contributed by atoms with van der Waals surface area (Å²) in [6.07, 6.45) is 3.73. The Bertz CT molecular complexity index is 1040. The molecule has 3 heterocycles. The summed E-state index contributed by atoms with van der Waals surface area (Å²) < 4.78 is 18.1. The minimum Gasteiger partial charge on any atom is -0.481 e. The van der Waals surface area contributed by atoms with E-state index in [1.165, 1.54) is 0 Å². The zero-order valence-corrected chi connectivity index (χ0v) is 19.7. The van der Waals surface area contributed by atoms with Gasteiger partial charge in [0.25, 0.3) is 0 Å². The molecule has 33 heavy (non-hydrogen) atoms. The van der Waals surface area contributed by atoms with Crippen molar-refractivity contribution in [3.05, 3.63) is 36.3 Å². The molecule has 7 unspecified atom stereocenters. The van der Waals surface area contributed by atoms with Gasteiger partial charge >= 0.3 is 11.9 Å². The van der Waals surface area contributed by atoms with Crippen LogP contribution in [0.15, 0.2) is 35.2 Å². The molecule has 7 nitrogen and oxygen atoms in total. The number of ether oxygens (including phenoxy) is 2. The number of fused-ring (bicyclic) bond motifs is 3. The monoisotopic (exact) mass is 456 g/mol. The average Bonchev–Trinajstić information content (AvgIpc) is 3.25. The standard InChI is InChI=1S/C26H32O7/c1-14-16-6-8-24(4)22(15-7-9-31-13-15)32-21(30)12-26(14,24)33-19-11-18(27)23(2,3)17(10-20(28)29)25(16,19)5/h7,9,13,16-17,19,22H,1,6,8,10-12H2,2-5H3,(H,28,29). The second-order valence-electron chi connectivity index (χ2n) is 11.4. The number of carboxylic acid groups (broad SMARTS) is 1. The Morgan fingerprint density at radius 2 is 1.97 bits per heavy atom. The summed E-state index contributed by atoms with van der Waals surface area (Å²) >= 11 is 0. The molecular formula is C26H32O7. The first-order chi connectivity index (χ1) is 15.4. The summed E-state index contributed by atoms with van der Waals surface area (Å²) in [5.41, 5.74) is -1.32. The van der Waals surface area contributed by atoms with Crippen molar-refractivity contribution in [1.29, 1.82) is 0 Å². The predicted molar refractivity (Wildman–Crippen MR) is 117 cm³/mol. The second-order valence-corrected chi connectivity index (χ2v) is 11.4. The van der Waals surface area contributed by atoms with Crippen LogP contribution in [0.1, 0.15) is 71.5 Å². The molecule has 1 spiro atoms. The van der Waals surface area contributed by atoms with Gasteiger partial charge in [-0.3, -0.25) is 14.4 Å². The number of aliphatic carboxylic acids is 1. The van der Waals surface area contributed by atoms with Gasteiger partial charge in [0.1, 0.15) is 17.5 Å². The van der Waals surface area contributed by atoms with Crippen molar-refractivity contribution in [3.63, 3.8) is 0 Å². The smallest absolute Gasteiger partial charge is 0.309 e. The van der Waals surface area contributed by atoms with Crippen molar-refractivity contribution >= 4 is 17.7 Å². The first-order valence-electron chi connectivity index (χ1n) is 11.7. The first-order valence-corrected chi connectivity index (χ1v) is 11.7. The van der Waals surface area contributed by atoms with Gasteiger partial charge in [-0.2, -0.15) is 0 Å². The van der Waals surface area contributed by atoms with E-state index in [2.05, 4.69) is 20.4 Å². The Hall–Kier alpha value is -2.41. The van der Waals surface area contributed by atoms with Crippen LogP contribution in [0.2, 0.25) is 0 Å². The highest BCUT2D eigenvalue weighted by Crippen LogP contribution is 2.71. The Kier molecular flexibility index (Phi) is 4.62. The fraction of sp³-hybridized carbons (Fsp3) is 0.654. The van der Waals surface area contributed by atoms with Crippen LogP contribution in [-0.2, 0) is 23.9 Å². The quantitative estimate of drug-likeness (QED) is 0.528. The van der Waals surface area contributed by atoms with Gasteiger partial charge in [0.2, 0.25) is 0 Å². The minimum atomic E-state index is -0.979. The highest BCUT2D eigenvalue weighted by molar-refractivity contribution is 5.87. The van der Waals surface area contributed by atoms with E-state index in [-0.39, 0.29) is 36.9 Å². The number of rotatable bonds is 3. The minimum absolute atomic E-state index is 0.00434. The number of furan rings is 1. The molecule has 178 valence electrons. The topological polar surface area (TPSA) is 103 Å². The molecule has 0 aromatic carbocycles. The number of esters is 1.